The molecule has 1 N–H and O–H groups in total. The summed E-state index contributed by atoms with van der Waals surface area (Å²) >= 11 is 12.0. The van der Waals surface area contributed by atoms with Crippen LogP contribution in [0.1, 0.15) is 29.7 Å². The van der Waals surface area contributed by atoms with E-state index in [2.05, 4.69) is 16.4 Å². The quantitative estimate of drug-likeness (QED) is 0.498. The molecule has 1 aliphatic rings. The van der Waals surface area contributed by atoms with Crippen LogP contribution in [0.5, 0.6) is 0 Å². The summed E-state index contributed by atoms with van der Waals surface area (Å²) in [4.78, 5) is 17.1. The summed E-state index contributed by atoms with van der Waals surface area (Å²) in [5.41, 5.74) is 2.41. The van der Waals surface area contributed by atoms with Crippen LogP contribution >= 0.6 is 23.2 Å². The van der Waals surface area contributed by atoms with E-state index >= 15 is 0 Å². The molecule has 0 radical (unpaired) electrons. The zero-order valence-electron chi connectivity index (χ0n) is 18.7. The molecule has 1 atom stereocenters. The largest absolute Gasteiger partial charge is 0.350 e. The first-order chi connectivity index (χ1) is 16.8. The third kappa shape index (κ3) is 6.03. The molecule has 2 heterocycles. The van der Waals surface area contributed by atoms with E-state index in [1.165, 1.54) is 22.5 Å². The lowest BCUT2D eigenvalue weighted by Gasteiger charge is -2.31. The van der Waals surface area contributed by atoms with Gasteiger partial charge in [-0.05, 0) is 48.7 Å². The van der Waals surface area contributed by atoms with Gasteiger partial charge >= 0.3 is 0 Å². The van der Waals surface area contributed by atoms with Crippen molar-refractivity contribution < 1.29 is 13.2 Å². The highest BCUT2D eigenvalue weighted by Crippen LogP contribution is 2.28. The molecular weight excluding hydrogens is 509 g/mol. The van der Waals surface area contributed by atoms with Gasteiger partial charge in [0, 0.05) is 35.9 Å². The molecule has 1 aromatic heterocycles. The van der Waals surface area contributed by atoms with Gasteiger partial charge in [-0.25, -0.2) is 13.4 Å². The van der Waals surface area contributed by atoms with Crippen molar-refractivity contribution in [3.63, 3.8) is 0 Å². The van der Waals surface area contributed by atoms with E-state index in [0.717, 1.165) is 11.3 Å². The number of halogens is 2. The summed E-state index contributed by atoms with van der Waals surface area (Å²) in [6, 6.07) is 13.6. The van der Waals surface area contributed by atoms with Crippen LogP contribution in [0.15, 0.2) is 59.9 Å². The molecule has 3 aromatic rings. The third-order valence-electron chi connectivity index (χ3n) is 5.91. The molecule has 8 nitrogen and oxygen atoms in total. The fraction of sp³-hybridized carbons (Fsp3) is 0.292. The number of hydrogen-bond acceptors (Lipinski definition) is 5. The van der Waals surface area contributed by atoms with Crippen molar-refractivity contribution in [3.05, 3.63) is 81.9 Å². The minimum Gasteiger partial charge on any atom is -0.350 e. The van der Waals surface area contributed by atoms with Crippen molar-refractivity contribution in [2.75, 3.05) is 13.1 Å². The van der Waals surface area contributed by atoms with Gasteiger partial charge in [-0.15, -0.1) is 0 Å². The Hall–Kier alpha value is -2.90. The summed E-state index contributed by atoms with van der Waals surface area (Å²) < 4.78 is 29.5. The topological polar surface area (TPSA) is 108 Å². The highest BCUT2D eigenvalue weighted by molar-refractivity contribution is 7.89. The van der Waals surface area contributed by atoms with E-state index in [0.29, 0.717) is 31.5 Å². The highest BCUT2D eigenvalue weighted by Gasteiger charge is 2.33. The number of imidazole rings is 1. The number of nitrogens with zero attached hydrogens (tertiary/aromatic N) is 4. The fourth-order valence-electron chi connectivity index (χ4n) is 4.04. The number of amides is 1. The van der Waals surface area contributed by atoms with Gasteiger partial charge in [-0.2, -0.15) is 9.57 Å². The number of rotatable bonds is 7. The van der Waals surface area contributed by atoms with Gasteiger partial charge < -0.3 is 9.88 Å². The summed E-state index contributed by atoms with van der Waals surface area (Å²) in [7, 11) is -3.83. The van der Waals surface area contributed by atoms with Crippen molar-refractivity contribution >= 4 is 39.1 Å². The van der Waals surface area contributed by atoms with Crippen molar-refractivity contribution in [3.8, 4) is 6.07 Å². The van der Waals surface area contributed by atoms with Crippen LogP contribution in [-0.4, -0.2) is 41.3 Å². The molecule has 35 heavy (non-hydrogen) atoms. The van der Waals surface area contributed by atoms with Gasteiger partial charge in [0.2, 0.25) is 15.9 Å². The molecule has 0 spiro atoms. The van der Waals surface area contributed by atoms with E-state index in [4.69, 9.17) is 28.5 Å². The van der Waals surface area contributed by atoms with Crippen LogP contribution in [0.2, 0.25) is 10.0 Å². The average Bonchev–Trinajstić information content (AvgIpc) is 3.29. The number of benzene rings is 2. The molecule has 1 fully saturated rings. The van der Waals surface area contributed by atoms with Crippen LogP contribution in [0, 0.1) is 17.2 Å². The lowest BCUT2D eigenvalue weighted by atomic mass is 9.99. The van der Waals surface area contributed by atoms with Gasteiger partial charge in [0.25, 0.3) is 0 Å². The van der Waals surface area contributed by atoms with Crippen molar-refractivity contribution in [1.29, 1.82) is 5.26 Å². The third-order valence-corrected chi connectivity index (χ3v) is 8.19. The zero-order valence-corrected chi connectivity index (χ0v) is 21.0. The van der Waals surface area contributed by atoms with Crippen molar-refractivity contribution in [2.45, 2.75) is 30.8 Å². The standard InChI is InChI=1S/C24H23Cl2N5O3S/c25-20-8-21(26)10-23(9-20)35(33,34)31-7-1-2-19(15-31)24(32)29-13-22-12-28-16-30(22)14-18-5-3-17(11-27)4-6-18/h3-6,8-10,12,16,19H,1-2,7,13-15H2,(H,29,32)/t19-/m0/s1. The molecule has 1 aliphatic heterocycles. The molecule has 0 saturated carbocycles. The number of nitriles is 1. The molecule has 1 saturated heterocycles. The van der Waals surface area contributed by atoms with E-state index in [9.17, 15) is 13.2 Å². The Morgan fingerprint density at radius 2 is 1.89 bits per heavy atom. The maximum absolute atomic E-state index is 13.1. The molecule has 0 bridgehead atoms. The van der Waals surface area contributed by atoms with Crippen LogP contribution in [0.3, 0.4) is 0 Å². The number of hydrogen-bond donors (Lipinski definition) is 1. The maximum Gasteiger partial charge on any atom is 0.243 e. The first-order valence-electron chi connectivity index (χ1n) is 11.0. The molecule has 4 rings (SSSR count). The van der Waals surface area contributed by atoms with Gasteiger partial charge in [-0.3, -0.25) is 4.79 Å². The number of aromatic nitrogens is 2. The highest BCUT2D eigenvalue weighted by atomic mass is 35.5. The van der Waals surface area contributed by atoms with Gasteiger partial charge in [-0.1, -0.05) is 35.3 Å². The molecule has 182 valence electrons. The Balaban J connectivity index is 1.38. The van der Waals surface area contributed by atoms with E-state index in [-0.39, 0.29) is 33.9 Å². The van der Waals surface area contributed by atoms with Crippen LogP contribution in [0.25, 0.3) is 0 Å². The predicted molar refractivity (Wildman–Crippen MR) is 132 cm³/mol. The van der Waals surface area contributed by atoms with Crippen molar-refractivity contribution in [1.82, 2.24) is 19.2 Å². The normalized spacial score (nSPS) is 16.5. The first kappa shape index (κ1) is 25.2. The molecule has 11 heteroatoms. The number of nitrogens with one attached hydrogen (secondary N) is 1. The predicted octanol–water partition coefficient (Wildman–Crippen LogP) is 3.83. The lowest BCUT2D eigenvalue weighted by Crippen LogP contribution is -2.45. The SMILES string of the molecule is N#Cc1ccc(Cn2cncc2CNC(=O)[C@H]2CCCN(S(=O)(=O)c3cc(Cl)cc(Cl)c3)C2)cc1. The summed E-state index contributed by atoms with van der Waals surface area (Å²) in [6.07, 6.45) is 4.54. The van der Waals surface area contributed by atoms with Crippen molar-refractivity contribution in [2.24, 2.45) is 5.92 Å². The van der Waals surface area contributed by atoms with E-state index in [1.807, 2.05) is 16.7 Å². The monoisotopic (exact) mass is 531 g/mol. The average molecular weight is 532 g/mol. The maximum atomic E-state index is 13.1. The summed E-state index contributed by atoms with van der Waals surface area (Å²) in [5, 5.41) is 12.3. The lowest BCUT2D eigenvalue weighted by molar-refractivity contribution is -0.126. The van der Waals surface area contributed by atoms with Crippen LogP contribution in [-0.2, 0) is 27.9 Å². The van der Waals surface area contributed by atoms with Crippen LogP contribution in [0.4, 0.5) is 0 Å². The fourth-order valence-corrected chi connectivity index (χ4v) is 6.29. The number of piperidine rings is 1. The molecule has 1 amide bonds. The minimum atomic E-state index is -3.83. The molecule has 0 aliphatic carbocycles. The molecule has 2 aromatic carbocycles. The van der Waals surface area contributed by atoms with Gasteiger partial charge in [0.15, 0.2) is 0 Å². The Kier molecular flexibility index (Phi) is 7.77. The minimum absolute atomic E-state index is 0.0164. The Bertz CT molecular complexity index is 1350. The summed E-state index contributed by atoms with van der Waals surface area (Å²) in [5.74, 6) is -0.678. The smallest absolute Gasteiger partial charge is 0.243 e. The van der Waals surface area contributed by atoms with Gasteiger partial charge in [0.1, 0.15) is 0 Å². The Labute approximate surface area is 214 Å². The first-order valence-corrected chi connectivity index (χ1v) is 13.2. The van der Waals surface area contributed by atoms with Crippen LogP contribution < -0.4 is 5.32 Å². The van der Waals surface area contributed by atoms with Gasteiger partial charge in [0.05, 0.1) is 41.0 Å². The second kappa shape index (κ2) is 10.8. The van der Waals surface area contributed by atoms with E-state index < -0.39 is 15.9 Å². The summed E-state index contributed by atoms with van der Waals surface area (Å²) in [6.45, 7) is 1.23. The Morgan fingerprint density at radius 1 is 1.17 bits per heavy atom. The molecule has 0 unspecified atom stereocenters. The molecular formula is C24H23Cl2N5O3S. The zero-order chi connectivity index (χ0) is 25.0. The Morgan fingerprint density at radius 3 is 2.57 bits per heavy atom. The number of sulfonamides is 1. The van der Waals surface area contributed by atoms with E-state index in [1.54, 1.807) is 24.7 Å². The second-order valence-corrected chi connectivity index (χ2v) is 11.2. The number of carbonyl (C=O) groups is 1. The second-order valence-electron chi connectivity index (χ2n) is 8.35. The number of carbonyl (C=O) groups excluding carboxylic acids is 1.